The standard InChI is InChI=1S/C15H19NO4/c1-15(2,3)13(17)19-10-16-9-12(20-14(16)18)11-7-5-4-6-8-11/h4-8,12H,9-10H2,1-3H3/t12-/m0/s1. The second-order valence-corrected chi connectivity index (χ2v) is 5.82. The first-order chi connectivity index (χ1) is 9.38. The van der Waals surface area contributed by atoms with Crippen LogP contribution in [-0.4, -0.2) is 30.2 Å². The van der Waals surface area contributed by atoms with E-state index >= 15 is 0 Å². The van der Waals surface area contributed by atoms with Crippen LogP contribution in [-0.2, 0) is 14.3 Å². The number of rotatable bonds is 3. The van der Waals surface area contributed by atoms with Gasteiger partial charge in [-0.25, -0.2) is 4.79 Å². The van der Waals surface area contributed by atoms with Crippen molar-refractivity contribution in [3.05, 3.63) is 35.9 Å². The summed E-state index contributed by atoms with van der Waals surface area (Å²) in [6, 6.07) is 9.51. The van der Waals surface area contributed by atoms with E-state index in [9.17, 15) is 9.59 Å². The number of amides is 1. The number of hydrogen-bond acceptors (Lipinski definition) is 4. The molecule has 2 rings (SSSR count). The minimum atomic E-state index is -0.581. The molecule has 1 aliphatic heterocycles. The number of carbonyl (C=O) groups is 2. The molecular formula is C15H19NO4. The summed E-state index contributed by atoms with van der Waals surface area (Å²) in [5.74, 6) is -0.339. The molecule has 1 aromatic carbocycles. The summed E-state index contributed by atoms with van der Waals surface area (Å²) in [6.07, 6.45) is -0.766. The molecule has 1 atom stereocenters. The normalized spacial score (nSPS) is 18.9. The second kappa shape index (κ2) is 5.53. The average Bonchev–Trinajstić information content (AvgIpc) is 2.77. The molecular weight excluding hydrogens is 258 g/mol. The molecule has 1 aromatic rings. The van der Waals surface area contributed by atoms with Gasteiger partial charge in [0.15, 0.2) is 6.73 Å². The topological polar surface area (TPSA) is 55.8 Å². The van der Waals surface area contributed by atoms with Crippen molar-refractivity contribution < 1.29 is 19.1 Å². The number of cyclic esters (lactones) is 1. The highest BCUT2D eigenvalue weighted by Gasteiger charge is 2.33. The fourth-order valence-electron chi connectivity index (χ4n) is 1.81. The minimum absolute atomic E-state index is 0.0712. The third-order valence-corrected chi connectivity index (χ3v) is 3.02. The van der Waals surface area contributed by atoms with Crippen molar-refractivity contribution in [2.75, 3.05) is 13.3 Å². The van der Waals surface area contributed by atoms with Crippen LogP contribution in [0.25, 0.3) is 0 Å². The lowest BCUT2D eigenvalue weighted by atomic mass is 9.98. The van der Waals surface area contributed by atoms with Gasteiger partial charge in [0.05, 0.1) is 12.0 Å². The van der Waals surface area contributed by atoms with Gasteiger partial charge < -0.3 is 9.47 Å². The third kappa shape index (κ3) is 3.29. The van der Waals surface area contributed by atoms with Crippen LogP contribution >= 0.6 is 0 Å². The molecule has 108 valence electrons. The highest BCUT2D eigenvalue weighted by Crippen LogP contribution is 2.26. The van der Waals surface area contributed by atoms with Crippen LogP contribution in [0.3, 0.4) is 0 Å². The van der Waals surface area contributed by atoms with Crippen molar-refractivity contribution in [1.29, 1.82) is 0 Å². The largest absolute Gasteiger partial charge is 0.444 e. The number of hydrogen-bond donors (Lipinski definition) is 0. The summed E-state index contributed by atoms with van der Waals surface area (Å²) >= 11 is 0. The molecule has 1 saturated heterocycles. The van der Waals surface area contributed by atoms with Crippen LogP contribution < -0.4 is 0 Å². The molecule has 0 aliphatic carbocycles. The predicted molar refractivity (Wildman–Crippen MR) is 72.8 cm³/mol. The molecule has 0 radical (unpaired) electrons. The Morgan fingerprint density at radius 2 is 2.00 bits per heavy atom. The van der Waals surface area contributed by atoms with E-state index in [2.05, 4.69) is 0 Å². The zero-order valence-electron chi connectivity index (χ0n) is 12.0. The Bertz CT molecular complexity index is 492. The first-order valence-corrected chi connectivity index (χ1v) is 6.55. The van der Waals surface area contributed by atoms with E-state index in [1.807, 2.05) is 30.3 Å². The molecule has 0 unspecified atom stereocenters. The van der Waals surface area contributed by atoms with E-state index in [0.717, 1.165) is 5.56 Å². The summed E-state index contributed by atoms with van der Waals surface area (Å²) < 4.78 is 10.4. The van der Waals surface area contributed by atoms with Gasteiger partial charge in [0.1, 0.15) is 6.10 Å². The van der Waals surface area contributed by atoms with Crippen molar-refractivity contribution in [3.8, 4) is 0 Å². The monoisotopic (exact) mass is 277 g/mol. The maximum absolute atomic E-state index is 11.7. The fraction of sp³-hybridized carbons (Fsp3) is 0.467. The molecule has 0 saturated carbocycles. The Hall–Kier alpha value is -2.04. The summed E-state index contributed by atoms with van der Waals surface area (Å²) in [4.78, 5) is 24.8. The Kier molecular flexibility index (Phi) is 3.97. The van der Waals surface area contributed by atoms with Gasteiger partial charge in [-0.1, -0.05) is 30.3 Å². The van der Waals surface area contributed by atoms with Gasteiger partial charge in [0.25, 0.3) is 0 Å². The summed E-state index contributed by atoms with van der Waals surface area (Å²) in [6.45, 7) is 5.62. The molecule has 0 bridgehead atoms. The van der Waals surface area contributed by atoms with Gasteiger partial charge in [0, 0.05) is 0 Å². The number of esters is 1. The highest BCUT2D eigenvalue weighted by atomic mass is 16.6. The number of carbonyl (C=O) groups excluding carboxylic acids is 2. The Balaban J connectivity index is 1.92. The summed E-state index contributed by atoms with van der Waals surface area (Å²) in [5.41, 5.74) is 0.355. The molecule has 5 nitrogen and oxygen atoms in total. The van der Waals surface area contributed by atoms with Gasteiger partial charge in [-0.3, -0.25) is 9.69 Å². The quantitative estimate of drug-likeness (QED) is 0.797. The Morgan fingerprint density at radius 3 is 2.60 bits per heavy atom. The van der Waals surface area contributed by atoms with Crippen molar-refractivity contribution in [3.63, 3.8) is 0 Å². The minimum Gasteiger partial charge on any atom is -0.444 e. The second-order valence-electron chi connectivity index (χ2n) is 5.82. The van der Waals surface area contributed by atoms with Gasteiger partial charge in [-0.2, -0.15) is 0 Å². The van der Waals surface area contributed by atoms with Crippen LogP contribution in [0.15, 0.2) is 30.3 Å². The van der Waals surface area contributed by atoms with Crippen LogP contribution in [0.1, 0.15) is 32.4 Å². The molecule has 1 heterocycles. The molecule has 0 aromatic heterocycles. The van der Waals surface area contributed by atoms with Crippen molar-refractivity contribution in [1.82, 2.24) is 4.90 Å². The summed E-state index contributed by atoms with van der Waals surface area (Å²) in [5, 5.41) is 0. The van der Waals surface area contributed by atoms with E-state index in [1.165, 1.54) is 4.90 Å². The highest BCUT2D eigenvalue weighted by molar-refractivity contribution is 5.76. The fourth-order valence-corrected chi connectivity index (χ4v) is 1.81. The number of nitrogens with zero attached hydrogens (tertiary/aromatic N) is 1. The van der Waals surface area contributed by atoms with E-state index < -0.39 is 11.5 Å². The van der Waals surface area contributed by atoms with E-state index in [0.29, 0.717) is 6.54 Å². The molecule has 20 heavy (non-hydrogen) atoms. The Morgan fingerprint density at radius 1 is 1.35 bits per heavy atom. The summed E-state index contributed by atoms with van der Waals surface area (Å²) in [7, 11) is 0. The molecule has 0 N–H and O–H groups in total. The van der Waals surface area contributed by atoms with Gasteiger partial charge in [-0.15, -0.1) is 0 Å². The van der Waals surface area contributed by atoms with Gasteiger partial charge in [0.2, 0.25) is 0 Å². The van der Waals surface area contributed by atoms with Crippen LogP contribution in [0.2, 0.25) is 0 Å². The smallest absolute Gasteiger partial charge is 0.413 e. The van der Waals surface area contributed by atoms with Crippen molar-refractivity contribution in [2.45, 2.75) is 26.9 Å². The van der Waals surface area contributed by atoms with Crippen molar-refractivity contribution >= 4 is 12.1 Å². The average molecular weight is 277 g/mol. The lowest BCUT2D eigenvalue weighted by Gasteiger charge is -2.19. The Labute approximate surface area is 118 Å². The maximum atomic E-state index is 11.7. The maximum Gasteiger partial charge on any atom is 0.413 e. The molecule has 1 fully saturated rings. The van der Waals surface area contributed by atoms with E-state index in [4.69, 9.17) is 9.47 Å². The van der Waals surface area contributed by atoms with Crippen molar-refractivity contribution in [2.24, 2.45) is 5.41 Å². The third-order valence-electron chi connectivity index (χ3n) is 3.02. The number of ether oxygens (including phenoxy) is 2. The molecule has 5 heteroatoms. The van der Waals surface area contributed by atoms with Gasteiger partial charge in [-0.05, 0) is 26.3 Å². The SMILES string of the molecule is CC(C)(C)C(=O)OCN1C[C@@H](c2ccccc2)OC1=O. The number of benzene rings is 1. The van der Waals surface area contributed by atoms with E-state index in [1.54, 1.807) is 20.8 Å². The molecule has 1 amide bonds. The predicted octanol–water partition coefficient (Wildman–Crippen LogP) is 2.73. The lowest BCUT2D eigenvalue weighted by Crippen LogP contribution is -2.32. The zero-order valence-corrected chi connectivity index (χ0v) is 12.0. The van der Waals surface area contributed by atoms with Crippen LogP contribution in [0, 0.1) is 5.41 Å². The first kappa shape index (κ1) is 14.4. The lowest BCUT2D eigenvalue weighted by molar-refractivity contribution is -0.156. The van der Waals surface area contributed by atoms with Crippen LogP contribution in [0.4, 0.5) is 4.79 Å². The molecule has 0 spiro atoms. The first-order valence-electron chi connectivity index (χ1n) is 6.55. The zero-order chi connectivity index (χ0) is 14.8. The van der Waals surface area contributed by atoms with Gasteiger partial charge >= 0.3 is 12.1 Å². The molecule has 1 aliphatic rings. The van der Waals surface area contributed by atoms with Crippen LogP contribution in [0.5, 0.6) is 0 Å². The van der Waals surface area contributed by atoms with E-state index in [-0.39, 0.29) is 18.8 Å².